The van der Waals surface area contributed by atoms with Gasteiger partial charge in [-0.1, -0.05) is 30.3 Å². The van der Waals surface area contributed by atoms with Gasteiger partial charge in [0.1, 0.15) is 35.3 Å². The third-order valence-corrected chi connectivity index (χ3v) is 6.83. The van der Waals surface area contributed by atoms with Crippen molar-refractivity contribution in [1.82, 2.24) is 4.90 Å². The minimum absolute atomic E-state index is 0.0847. The summed E-state index contributed by atoms with van der Waals surface area (Å²) >= 11 is 0. The van der Waals surface area contributed by atoms with Gasteiger partial charge in [0.2, 0.25) is 0 Å². The van der Waals surface area contributed by atoms with Crippen LogP contribution in [0.3, 0.4) is 0 Å². The number of hydrogen-bond donors (Lipinski definition) is 1. The highest BCUT2D eigenvalue weighted by Crippen LogP contribution is 2.30. The Kier molecular flexibility index (Phi) is 7.30. The van der Waals surface area contributed by atoms with Crippen LogP contribution in [0.2, 0.25) is 0 Å². The van der Waals surface area contributed by atoms with Gasteiger partial charge in [-0.15, -0.1) is 0 Å². The van der Waals surface area contributed by atoms with Gasteiger partial charge < -0.3 is 14.6 Å². The summed E-state index contributed by atoms with van der Waals surface area (Å²) in [6.45, 7) is 0.810. The summed E-state index contributed by atoms with van der Waals surface area (Å²) in [6.07, 6.45) is 0.314. The minimum Gasteiger partial charge on any atom is -0.487 e. The Morgan fingerprint density at radius 2 is 1.56 bits per heavy atom. The lowest BCUT2D eigenvalue weighted by atomic mass is 9.98. The molecule has 0 fully saturated rings. The molecule has 3 aromatic rings. The van der Waals surface area contributed by atoms with E-state index in [1.54, 1.807) is 12.1 Å². The van der Waals surface area contributed by atoms with Crippen LogP contribution in [0.25, 0.3) is 0 Å². The van der Waals surface area contributed by atoms with Crippen LogP contribution in [0, 0.1) is 11.6 Å². The first kappa shape index (κ1) is 24.4. The number of benzene rings is 3. The van der Waals surface area contributed by atoms with Crippen LogP contribution in [-0.4, -0.2) is 47.2 Å². The zero-order valence-electron chi connectivity index (χ0n) is 19.9. The Labute approximate surface area is 209 Å². The monoisotopic (exact) mass is 493 g/mol. The van der Waals surface area contributed by atoms with E-state index < -0.39 is 18.3 Å². The highest BCUT2D eigenvalue weighted by atomic mass is 19.1. The number of fused-ring (bicyclic) bond motifs is 2. The van der Waals surface area contributed by atoms with Crippen LogP contribution in [-0.2, 0) is 24.2 Å². The van der Waals surface area contributed by atoms with Crippen LogP contribution < -0.4 is 9.47 Å². The fourth-order valence-electron chi connectivity index (χ4n) is 4.96. The van der Waals surface area contributed by atoms with Crippen molar-refractivity contribution in [1.29, 1.82) is 0 Å². The number of ether oxygens (including phenoxy) is 2. The number of carbonyl (C=O) groups excluding carboxylic acids is 1. The molecule has 0 bridgehead atoms. The lowest BCUT2D eigenvalue weighted by Crippen LogP contribution is -2.46. The number of aliphatic hydroxyl groups excluding tert-OH is 1. The molecule has 188 valence electrons. The molecule has 7 heteroatoms. The van der Waals surface area contributed by atoms with Crippen molar-refractivity contribution in [3.05, 3.63) is 95.1 Å². The quantitative estimate of drug-likeness (QED) is 0.501. The summed E-state index contributed by atoms with van der Waals surface area (Å²) in [7, 11) is 0. The van der Waals surface area contributed by atoms with E-state index in [1.165, 1.54) is 24.3 Å². The molecule has 0 radical (unpaired) electrons. The van der Waals surface area contributed by atoms with E-state index in [2.05, 4.69) is 0 Å². The summed E-state index contributed by atoms with van der Waals surface area (Å²) in [5.41, 5.74) is 2.59. The molecule has 5 nitrogen and oxygen atoms in total. The normalized spacial score (nSPS) is 19.6. The molecule has 0 saturated carbocycles. The number of carbonyl (C=O) groups is 1. The smallest absolute Gasteiger partial charge is 0.187 e. The Balaban J connectivity index is 1.26. The van der Waals surface area contributed by atoms with Crippen LogP contribution in [0.5, 0.6) is 11.5 Å². The molecule has 0 unspecified atom stereocenters. The van der Waals surface area contributed by atoms with Crippen molar-refractivity contribution in [3.8, 4) is 11.5 Å². The lowest BCUT2D eigenvalue weighted by Gasteiger charge is -2.33. The maximum Gasteiger partial charge on any atom is 0.187 e. The Bertz CT molecular complexity index is 1220. The first-order chi connectivity index (χ1) is 17.4. The van der Waals surface area contributed by atoms with Gasteiger partial charge in [-0.3, -0.25) is 9.69 Å². The summed E-state index contributed by atoms with van der Waals surface area (Å²) in [5.74, 6) is 0.423. The van der Waals surface area contributed by atoms with E-state index in [9.17, 15) is 18.7 Å². The SMILES string of the molecule is O=C(CN(Cc1ccccc1)C[C@H](O)[C@H]1CCc2cc(F)ccc2O1)[C@H]1CCc2cc(F)ccc2O1. The van der Waals surface area contributed by atoms with Crippen LogP contribution in [0.1, 0.15) is 29.5 Å². The van der Waals surface area contributed by atoms with Crippen LogP contribution in [0.4, 0.5) is 8.78 Å². The van der Waals surface area contributed by atoms with Crippen molar-refractivity contribution in [3.63, 3.8) is 0 Å². The molecular weight excluding hydrogens is 464 g/mol. The fourth-order valence-corrected chi connectivity index (χ4v) is 4.96. The van der Waals surface area contributed by atoms with Gasteiger partial charge in [-0.2, -0.15) is 0 Å². The molecule has 0 amide bonds. The van der Waals surface area contributed by atoms with Gasteiger partial charge in [-0.05, 0) is 78.8 Å². The third-order valence-electron chi connectivity index (χ3n) is 6.83. The number of aryl methyl sites for hydroxylation is 2. The Morgan fingerprint density at radius 3 is 2.25 bits per heavy atom. The third kappa shape index (κ3) is 5.74. The molecule has 36 heavy (non-hydrogen) atoms. The van der Waals surface area contributed by atoms with Crippen LogP contribution >= 0.6 is 0 Å². The molecule has 2 heterocycles. The number of rotatable bonds is 8. The van der Waals surface area contributed by atoms with Gasteiger partial charge in [0.05, 0.1) is 6.54 Å². The molecule has 3 aromatic carbocycles. The number of Topliss-reactive ketones (excluding diaryl/α,β-unsaturated/α-hetero) is 1. The second kappa shape index (κ2) is 10.8. The number of aliphatic hydroxyl groups is 1. The number of halogens is 2. The van der Waals surface area contributed by atoms with Crippen LogP contribution in [0.15, 0.2) is 66.7 Å². The summed E-state index contributed by atoms with van der Waals surface area (Å²) in [6, 6.07) is 18.5. The van der Waals surface area contributed by atoms with Crippen molar-refractivity contribution >= 4 is 5.78 Å². The van der Waals surface area contributed by atoms with E-state index in [1.807, 2.05) is 35.2 Å². The Morgan fingerprint density at radius 1 is 0.917 bits per heavy atom. The lowest BCUT2D eigenvalue weighted by molar-refractivity contribution is -0.128. The summed E-state index contributed by atoms with van der Waals surface area (Å²) in [4.78, 5) is 15.2. The highest BCUT2D eigenvalue weighted by molar-refractivity contribution is 5.85. The first-order valence-electron chi connectivity index (χ1n) is 12.3. The van der Waals surface area contributed by atoms with E-state index >= 15 is 0 Å². The molecule has 1 N–H and O–H groups in total. The van der Waals surface area contributed by atoms with Crippen molar-refractivity contribution in [2.24, 2.45) is 0 Å². The van der Waals surface area contributed by atoms with Crippen molar-refractivity contribution in [2.45, 2.75) is 50.5 Å². The summed E-state index contributed by atoms with van der Waals surface area (Å²) < 4.78 is 39.0. The number of hydrogen-bond acceptors (Lipinski definition) is 5. The maximum absolute atomic E-state index is 13.5. The van der Waals surface area contributed by atoms with Crippen molar-refractivity contribution in [2.75, 3.05) is 13.1 Å². The topological polar surface area (TPSA) is 59.0 Å². The maximum atomic E-state index is 13.5. The number of nitrogens with zero attached hydrogens (tertiary/aromatic N) is 1. The largest absolute Gasteiger partial charge is 0.487 e. The second-order valence-corrected chi connectivity index (χ2v) is 9.53. The second-order valence-electron chi connectivity index (χ2n) is 9.53. The number of ketones is 1. The fraction of sp³-hybridized carbons (Fsp3) is 0.345. The van der Waals surface area contributed by atoms with Gasteiger partial charge in [-0.25, -0.2) is 8.78 Å². The highest BCUT2D eigenvalue weighted by Gasteiger charge is 2.31. The first-order valence-corrected chi connectivity index (χ1v) is 12.3. The molecule has 2 aliphatic rings. The van der Waals surface area contributed by atoms with Gasteiger partial charge in [0, 0.05) is 13.1 Å². The van der Waals surface area contributed by atoms with E-state index in [-0.39, 0.29) is 30.5 Å². The zero-order valence-corrected chi connectivity index (χ0v) is 19.9. The van der Waals surface area contributed by atoms with Crippen molar-refractivity contribution < 1.29 is 28.2 Å². The predicted octanol–water partition coefficient (Wildman–Crippen LogP) is 4.48. The molecule has 0 aromatic heterocycles. The molecule has 0 spiro atoms. The standard InChI is InChI=1S/C29H29F2NO4/c30-22-8-12-26-20(14-22)6-10-28(35-26)24(33)17-32(16-19-4-2-1-3-5-19)18-25(34)29-11-7-21-15-23(31)9-13-27(21)36-29/h1-5,8-9,12-15,24,28-29,33H,6-7,10-11,16-18H2/t24-,28+,29+/m0/s1. The molecule has 0 aliphatic carbocycles. The van der Waals surface area contributed by atoms with E-state index in [0.717, 1.165) is 16.7 Å². The summed E-state index contributed by atoms with van der Waals surface area (Å²) in [5, 5.41) is 11.1. The average Bonchev–Trinajstić information content (AvgIpc) is 2.88. The van der Waals surface area contributed by atoms with Gasteiger partial charge in [0.15, 0.2) is 11.9 Å². The zero-order chi connectivity index (χ0) is 25.1. The van der Waals surface area contributed by atoms with E-state index in [4.69, 9.17) is 9.47 Å². The van der Waals surface area contributed by atoms with Gasteiger partial charge in [0.25, 0.3) is 0 Å². The van der Waals surface area contributed by atoms with E-state index in [0.29, 0.717) is 43.7 Å². The average molecular weight is 494 g/mol. The Hall–Kier alpha value is -3.29. The molecule has 0 saturated heterocycles. The molecule has 3 atom stereocenters. The predicted molar refractivity (Wildman–Crippen MR) is 131 cm³/mol. The minimum atomic E-state index is -0.837. The molecular formula is C29H29F2NO4. The molecule has 2 aliphatic heterocycles. The van der Waals surface area contributed by atoms with Gasteiger partial charge >= 0.3 is 0 Å². The molecule has 5 rings (SSSR count).